The first-order chi connectivity index (χ1) is 30.9. The smallest absolute Gasteiger partial charge is 0.182 e. The van der Waals surface area contributed by atoms with E-state index in [1.165, 1.54) is 100 Å². The molecular weight excluding hydrogens is 835 g/mol. The lowest BCUT2D eigenvalue weighted by Crippen LogP contribution is -2.46. The summed E-state index contributed by atoms with van der Waals surface area (Å²) in [4.78, 5) is 4.93. The third-order valence-electron chi connectivity index (χ3n) is 17.0. The maximum absolute atomic E-state index is 11.0. The molecule has 5 aliphatic carbocycles. The first kappa shape index (κ1) is 49.8. The molecule has 2 heterocycles. The van der Waals surface area contributed by atoms with Gasteiger partial charge >= 0.3 is 0 Å². The summed E-state index contributed by atoms with van der Waals surface area (Å²) in [5.41, 5.74) is 5.92. The summed E-state index contributed by atoms with van der Waals surface area (Å²) in [5.74, 6) is 4.22. The minimum absolute atomic E-state index is 0.0752. The third-order valence-corrected chi connectivity index (χ3v) is 17.7. The molecule has 0 bridgehead atoms. The predicted molar refractivity (Wildman–Crippen MR) is 267 cm³/mol. The lowest BCUT2D eigenvalue weighted by molar-refractivity contribution is -0.569. The number of allylic oxidation sites excluding steroid dienone is 7. The average molecular weight is 922 g/mol. The number of nitrogens with one attached hydrogen (secondary N) is 2. The zero-order valence-electron chi connectivity index (χ0n) is 40.9. The Hall–Kier alpha value is -2.05. The maximum Gasteiger partial charge on any atom is 0.182 e. The summed E-state index contributed by atoms with van der Waals surface area (Å²) in [7, 11) is 4.24. The van der Waals surface area contributed by atoms with Crippen molar-refractivity contribution in [3.63, 3.8) is 0 Å². The molecule has 0 spiro atoms. The molecule has 2 N–H and O–H groups in total. The largest absolute Gasteiger partial charge is 0.750 e. The van der Waals surface area contributed by atoms with E-state index >= 15 is 0 Å². The lowest BCUT2D eigenvalue weighted by atomic mass is 9.57. The molecule has 5 fully saturated rings. The highest BCUT2D eigenvalue weighted by Crippen LogP contribution is 2.56. The monoisotopic (exact) mass is 922 g/mol. The van der Waals surface area contributed by atoms with E-state index in [-0.39, 0.29) is 23.5 Å². The van der Waals surface area contributed by atoms with E-state index in [2.05, 4.69) is 91.1 Å². The number of thiocarbonyl (C=S) groups is 1. The Labute approximate surface area is 397 Å². The second-order valence-electron chi connectivity index (χ2n) is 22.1. The zero-order chi connectivity index (χ0) is 45.3. The molecule has 1 saturated heterocycles. The van der Waals surface area contributed by atoms with E-state index in [1.807, 2.05) is 0 Å². The fraction of sp³-hybridized carbons (Fsp3) is 0.811. The topological polar surface area (TPSA) is 92.1 Å². The van der Waals surface area contributed by atoms with Gasteiger partial charge in [0.2, 0.25) is 0 Å². The lowest BCUT2D eigenvalue weighted by Gasteiger charge is -2.45. The van der Waals surface area contributed by atoms with Gasteiger partial charge in [-0.3, -0.25) is 0 Å². The second-order valence-corrected chi connectivity index (χ2v) is 23.2. The molecule has 2 aliphatic heterocycles. The highest BCUT2D eigenvalue weighted by molar-refractivity contribution is 7.80. The average Bonchev–Trinajstić information content (AvgIpc) is 3.63. The van der Waals surface area contributed by atoms with Crippen LogP contribution in [0.5, 0.6) is 0 Å². The molecular formula is C53H87N5O4S2. The Morgan fingerprint density at radius 2 is 1.58 bits per heavy atom. The van der Waals surface area contributed by atoms with Gasteiger partial charge in [-0.2, -0.15) is 0 Å². The minimum atomic E-state index is -2.45. The number of hydrogen-bond acceptors (Lipinski definition) is 7. The molecule has 64 heavy (non-hydrogen) atoms. The molecule has 7 aliphatic rings. The van der Waals surface area contributed by atoms with Crippen molar-refractivity contribution in [1.29, 1.82) is 0 Å². The van der Waals surface area contributed by atoms with Crippen LogP contribution in [0.15, 0.2) is 46.9 Å². The van der Waals surface area contributed by atoms with Gasteiger partial charge in [0.05, 0.1) is 29.5 Å². The van der Waals surface area contributed by atoms with Crippen LogP contribution < -0.4 is 10.6 Å². The second kappa shape index (κ2) is 23.3. The van der Waals surface area contributed by atoms with Gasteiger partial charge in [-0.25, -0.2) is 8.78 Å². The molecule has 0 amide bonds. The number of unbranched alkanes of at least 4 members (excludes halogenated alkanes) is 1. The van der Waals surface area contributed by atoms with Crippen LogP contribution in [0, 0.1) is 34.5 Å². The van der Waals surface area contributed by atoms with E-state index in [1.54, 1.807) is 5.71 Å². The molecule has 7 unspecified atom stereocenters. The van der Waals surface area contributed by atoms with E-state index in [0.29, 0.717) is 23.9 Å². The van der Waals surface area contributed by atoms with Crippen molar-refractivity contribution in [2.24, 2.45) is 34.5 Å². The van der Waals surface area contributed by atoms with Crippen LogP contribution >= 0.6 is 12.2 Å². The number of ether oxygens (including phenoxy) is 1. The molecule has 7 rings (SSSR count). The summed E-state index contributed by atoms with van der Waals surface area (Å²) in [5, 5.41) is 7.75. The Balaban J connectivity index is 1.18. The Morgan fingerprint density at radius 1 is 0.844 bits per heavy atom. The van der Waals surface area contributed by atoms with Crippen molar-refractivity contribution < 1.29 is 22.3 Å². The van der Waals surface area contributed by atoms with Gasteiger partial charge in [0, 0.05) is 61.6 Å². The Kier molecular flexibility index (Phi) is 18.2. The molecule has 360 valence electrons. The van der Waals surface area contributed by atoms with Crippen LogP contribution in [0.25, 0.3) is 0 Å². The maximum atomic E-state index is 11.0. The molecule has 0 aromatic heterocycles. The van der Waals surface area contributed by atoms with E-state index in [9.17, 15) is 8.76 Å². The third kappa shape index (κ3) is 12.1. The van der Waals surface area contributed by atoms with Crippen molar-refractivity contribution in [3.8, 4) is 0 Å². The number of fused-ring (bicyclic) bond motifs is 4. The summed E-state index contributed by atoms with van der Waals surface area (Å²) in [6.07, 6.45) is 36.9. The zero-order valence-corrected chi connectivity index (χ0v) is 42.6. The van der Waals surface area contributed by atoms with E-state index in [0.717, 1.165) is 113 Å². The van der Waals surface area contributed by atoms with Crippen LogP contribution in [0.3, 0.4) is 0 Å². The van der Waals surface area contributed by atoms with Crippen LogP contribution in [0.1, 0.15) is 169 Å². The van der Waals surface area contributed by atoms with Crippen LogP contribution in [-0.4, -0.2) is 106 Å². The molecule has 11 heteroatoms. The van der Waals surface area contributed by atoms with Gasteiger partial charge in [-0.15, -0.1) is 0 Å². The molecule has 4 saturated carbocycles. The van der Waals surface area contributed by atoms with Gasteiger partial charge in [-0.1, -0.05) is 58.4 Å². The summed E-state index contributed by atoms with van der Waals surface area (Å²) >= 11 is 3.25. The van der Waals surface area contributed by atoms with Crippen LogP contribution in [-0.2, 0) is 20.3 Å². The number of rotatable bonds is 19. The van der Waals surface area contributed by atoms with Gasteiger partial charge < -0.3 is 33.9 Å². The number of nitrogens with zero attached hydrogens (tertiary/aromatic N) is 3. The SMILES string of the molecule is CN(C)CCCNC(=S)NCCC[N+]1=C(/C=C/C2=C(OC3CCCCC3)C(=C/C=C3/N(CCCCOS(=O)[O-])C4CCCCC4C3(C)C)/CCC2)C(C)(C)C2C3CCCCC3CCC21. The van der Waals surface area contributed by atoms with Gasteiger partial charge in [0.15, 0.2) is 16.9 Å². The van der Waals surface area contributed by atoms with Gasteiger partial charge in [-0.05, 0) is 178 Å². The van der Waals surface area contributed by atoms with Crippen molar-refractivity contribution >= 4 is 34.4 Å². The molecule has 0 aromatic carbocycles. The fourth-order valence-corrected chi connectivity index (χ4v) is 14.4. The fourth-order valence-electron chi connectivity index (χ4n) is 14.0. The molecule has 7 atom stereocenters. The van der Waals surface area contributed by atoms with Crippen LogP contribution in [0.2, 0.25) is 0 Å². The highest BCUT2D eigenvalue weighted by atomic mass is 32.2. The number of hydrogen-bond donors (Lipinski definition) is 2. The van der Waals surface area contributed by atoms with Crippen molar-refractivity contribution in [2.75, 3.05) is 53.4 Å². The Bertz CT molecular complexity index is 1760. The summed E-state index contributed by atoms with van der Waals surface area (Å²) in [6, 6.07) is 1.15. The standard InChI is InChI=1S/C53H87N5O4S2/c1-52(2)44-25-12-13-26-45(44)57(36-14-15-38-61-64(59)60)47(52)31-28-40-20-16-21-41(50(40)62-42-22-8-7-9-23-42)29-32-48-53(3,4)49-43-24-11-10-19-39(43)27-30-46(49)58(48)37-18-34-55-51(63)54-33-17-35-56(5)6/h28-29,31-32,39,42-46,49H,7-27,30,33-38H2,1-6H3,(H2-,54,55,59,60,63). The predicted octanol–water partition coefficient (Wildman–Crippen LogP) is 10.5. The number of likely N-dealkylation sites (tertiary alicyclic amines) is 1. The quantitative estimate of drug-likeness (QED) is 0.0569. The highest BCUT2D eigenvalue weighted by Gasteiger charge is 2.59. The van der Waals surface area contributed by atoms with E-state index < -0.39 is 11.4 Å². The van der Waals surface area contributed by atoms with Crippen molar-refractivity contribution in [1.82, 2.24) is 20.4 Å². The summed E-state index contributed by atoms with van der Waals surface area (Å²) < 4.78 is 37.1. The summed E-state index contributed by atoms with van der Waals surface area (Å²) in [6.45, 7) is 15.2. The minimum Gasteiger partial charge on any atom is -0.750 e. The van der Waals surface area contributed by atoms with E-state index in [4.69, 9.17) is 21.1 Å². The van der Waals surface area contributed by atoms with Gasteiger partial charge in [0.1, 0.15) is 12.3 Å². The first-order valence-corrected chi connectivity index (χ1v) is 27.6. The molecule has 0 aromatic rings. The van der Waals surface area contributed by atoms with Gasteiger partial charge in [0.25, 0.3) is 0 Å². The van der Waals surface area contributed by atoms with Crippen molar-refractivity contribution in [2.45, 2.75) is 187 Å². The Morgan fingerprint density at radius 3 is 2.36 bits per heavy atom. The van der Waals surface area contributed by atoms with Crippen LogP contribution in [0.4, 0.5) is 0 Å². The normalized spacial score (nSPS) is 31.2. The first-order valence-electron chi connectivity index (χ1n) is 26.2. The molecule has 9 nitrogen and oxygen atoms in total. The van der Waals surface area contributed by atoms with Crippen molar-refractivity contribution in [3.05, 3.63) is 46.9 Å². The molecule has 0 radical (unpaired) electrons.